The first-order chi connectivity index (χ1) is 5.40. The van der Waals surface area contributed by atoms with Gasteiger partial charge in [-0.15, -0.1) is 0 Å². The Morgan fingerprint density at radius 2 is 2.27 bits per heavy atom. The van der Waals surface area contributed by atoms with E-state index in [1.165, 1.54) is 29.5 Å². The zero-order chi connectivity index (χ0) is 7.68. The van der Waals surface area contributed by atoms with Crippen LogP contribution < -0.4 is 0 Å². The van der Waals surface area contributed by atoms with Crippen LogP contribution in [0.5, 0.6) is 0 Å². The predicted octanol–water partition coefficient (Wildman–Crippen LogP) is 2.75. The molecule has 0 unspecified atom stereocenters. The van der Waals surface area contributed by atoms with Crippen LogP contribution in [-0.4, -0.2) is 0 Å². The molecule has 2 rings (SSSR count). The third-order valence-electron chi connectivity index (χ3n) is 2.40. The molecule has 1 radical (unpaired) electrons. The van der Waals surface area contributed by atoms with Gasteiger partial charge in [-0.1, -0.05) is 25.1 Å². The van der Waals surface area contributed by atoms with E-state index in [0.29, 0.717) is 0 Å². The van der Waals surface area contributed by atoms with Gasteiger partial charge in [-0.2, -0.15) is 0 Å². The van der Waals surface area contributed by atoms with Crippen LogP contribution >= 0.6 is 0 Å². The van der Waals surface area contributed by atoms with E-state index < -0.39 is 0 Å². The zero-order valence-corrected chi connectivity index (χ0v) is 6.93. The minimum Gasteiger partial charge on any atom is -0.0613 e. The Hall–Kier alpha value is -0.780. The molecule has 1 aliphatic carbocycles. The molecule has 1 aromatic carbocycles. The molecular formula is C11H13. The first-order valence-electron chi connectivity index (χ1n) is 4.35. The van der Waals surface area contributed by atoms with Gasteiger partial charge in [0.15, 0.2) is 0 Å². The van der Waals surface area contributed by atoms with Crippen molar-refractivity contribution in [1.82, 2.24) is 0 Å². The van der Waals surface area contributed by atoms with E-state index in [4.69, 9.17) is 0 Å². The average Bonchev–Trinajstić information content (AvgIpc) is 2.50. The molecule has 0 bridgehead atoms. The van der Waals surface area contributed by atoms with Crippen LogP contribution in [0, 0.1) is 6.42 Å². The monoisotopic (exact) mass is 145 g/mol. The van der Waals surface area contributed by atoms with Gasteiger partial charge in [0.2, 0.25) is 0 Å². The lowest BCUT2D eigenvalue weighted by Gasteiger charge is -2.00. The minimum atomic E-state index is 1.15. The first-order valence-corrected chi connectivity index (χ1v) is 4.35. The summed E-state index contributed by atoms with van der Waals surface area (Å²) in [7, 11) is 0. The standard InChI is InChI=1S/C11H13/c1-2-9-6-7-10-4-3-5-11(10)8-9/h5-8H,2-4H2,1H3. The van der Waals surface area contributed by atoms with Crippen LogP contribution in [0.2, 0.25) is 0 Å². The van der Waals surface area contributed by atoms with E-state index in [9.17, 15) is 0 Å². The smallest absolute Gasteiger partial charge is 0.00869 e. The Kier molecular flexibility index (Phi) is 1.69. The van der Waals surface area contributed by atoms with Gasteiger partial charge in [0.05, 0.1) is 0 Å². The van der Waals surface area contributed by atoms with Crippen molar-refractivity contribution in [2.24, 2.45) is 0 Å². The molecule has 0 atom stereocenters. The quantitative estimate of drug-likeness (QED) is 0.570. The Labute approximate surface area is 68.3 Å². The first kappa shape index (κ1) is 6.90. The van der Waals surface area contributed by atoms with Crippen LogP contribution in [0.1, 0.15) is 30.0 Å². The van der Waals surface area contributed by atoms with Crippen molar-refractivity contribution in [2.75, 3.05) is 0 Å². The molecule has 0 nitrogen and oxygen atoms in total. The number of hydrogen-bond donors (Lipinski definition) is 0. The Morgan fingerprint density at radius 3 is 3.09 bits per heavy atom. The number of aryl methyl sites for hydroxylation is 2. The van der Waals surface area contributed by atoms with Gasteiger partial charge >= 0.3 is 0 Å². The van der Waals surface area contributed by atoms with Gasteiger partial charge in [0.1, 0.15) is 0 Å². The van der Waals surface area contributed by atoms with Gasteiger partial charge in [-0.25, -0.2) is 0 Å². The summed E-state index contributed by atoms with van der Waals surface area (Å²) in [6.45, 7) is 2.21. The molecule has 0 aromatic heterocycles. The highest BCUT2D eigenvalue weighted by Gasteiger charge is 2.09. The molecular weight excluding hydrogens is 132 g/mol. The maximum Gasteiger partial charge on any atom is -0.00869 e. The van der Waals surface area contributed by atoms with Crippen LogP contribution in [0.4, 0.5) is 0 Å². The van der Waals surface area contributed by atoms with Crippen LogP contribution in [0.25, 0.3) is 0 Å². The molecule has 1 aliphatic rings. The summed E-state index contributed by atoms with van der Waals surface area (Å²) < 4.78 is 0. The summed E-state index contributed by atoms with van der Waals surface area (Å²) in [6.07, 6.45) is 5.98. The van der Waals surface area contributed by atoms with Crippen LogP contribution in [0.3, 0.4) is 0 Å². The van der Waals surface area contributed by atoms with Crippen LogP contribution in [0.15, 0.2) is 18.2 Å². The molecule has 0 heteroatoms. The highest BCUT2D eigenvalue weighted by atomic mass is 14.1. The average molecular weight is 145 g/mol. The number of hydrogen-bond acceptors (Lipinski definition) is 0. The van der Waals surface area contributed by atoms with Crippen molar-refractivity contribution >= 4 is 0 Å². The molecule has 1 aromatic rings. The topological polar surface area (TPSA) is 0 Å². The second-order valence-corrected chi connectivity index (χ2v) is 3.13. The highest BCUT2D eigenvalue weighted by molar-refractivity contribution is 5.40. The molecule has 0 fully saturated rings. The maximum atomic E-state index is 2.34. The van der Waals surface area contributed by atoms with Gasteiger partial charge in [0.25, 0.3) is 0 Å². The lowest BCUT2D eigenvalue weighted by atomic mass is 10.1. The molecule has 0 saturated carbocycles. The van der Waals surface area contributed by atoms with Crippen molar-refractivity contribution in [2.45, 2.75) is 26.2 Å². The van der Waals surface area contributed by atoms with Crippen LogP contribution in [-0.2, 0) is 12.8 Å². The third-order valence-corrected chi connectivity index (χ3v) is 2.40. The molecule has 11 heavy (non-hydrogen) atoms. The van der Waals surface area contributed by atoms with Crippen molar-refractivity contribution in [3.63, 3.8) is 0 Å². The number of rotatable bonds is 1. The number of benzene rings is 1. The largest absolute Gasteiger partial charge is 0.0613 e. The molecule has 0 heterocycles. The predicted molar refractivity (Wildman–Crippen MR) is 47.5 cm³/mol. The van der Waals surface area contributed by atoms with Crippen molar-refractivity contribution < 1.29 is 0 Å². The Bertz CT molecular complexity index is 261. The fourth-order valence-corrected chi connectivity index (χ4v) is 1.67. The summed E-state index contributed by atoms with van der Waals surface area (Å²) >= 11 is 0. The summed E-state index contributed by atoms with van der Waals surface area (Å²) in [6, 6.07) is 6.85. The fraction of sp³-hybridized carbons (Fsp3) is 0.364. The van der Waals surface area contributed by atoms with E-state index in [2.05, 4.69) is 31.5 Å². The summed E-state index contributed by atoms with van der Waals surface area (Å²) in [5, 5.41) is 0. The number of fused-ring (bicyclic) bond motifs is 1. The second-order valence-electron chi connectivity index (χ2n) is 3.13. The van der Waals surface area contributed by atoms with E-state index >= 15 is 0 Å². The van der Waals surface area contributed by atoms with Gasteiger partial charge in [-0.05, 0) is 42.4 Å². The van der Waals surface area contributed by atoms with Crippen molar-refractivity contribution in [3.05, 3.63) is 41.3 Å². The molecule has 0 saturated heterocycles. The van der Waals surface area contributed by atoms with Gasteiger partial charge < -0.3 is 0 Å². The third kappa shape index (κ3) is 1.18. The molecule has 0 N–H and O–H groups in total. The normalized spacial score (nSPS) is 15.0. The summed E-state index contributed by atoms with van der Waals surface area (Å²) in [5.74, 6) is 0. The van der Waals surface area contributed by atoms with E-state index in [1.807, 2.05) is 0 Å². The van der Waals surface area contributed by atoms with E-state index in [-0.39, 0.29) is 0 Å². The summed E-state index contributed by atoms with van der Waals surface area (Å²) in [5.41, 5.74) is 4.47. The minimum absolute atomic E-state index is 1.15. The van der Waals surface area contributed by atoms with E-state index in [0.717, 1.165) is 6.42 Å². The van der Waals surface area contributed by atoms with Gasteiger partial charge in [0, 0.05) is 0 Å². The maximum absolute atomic E-state index is 2.34. The zero-order valence-electron chi connectivity index (χ0n) is 6.93. The Morgan fingerprint density at radius 1 is 1.36 bits per heavy atom. The highest BCUT2D eigenvalue weighted by Crippen LogP contribution is 2.24. The molecule has 57 valence electrons. The van der Waals surface area contributed by atoms with E-state index in [1.54, 1.807) is 0 Å². The van der Waals surface area contributed by atoms with Crippen molar-refractivity contribution in [3.8, 4) is 0 Å². The lowest BCUT2D eigenvalue weighted by Crippen LogP contribution is -1.84. The van der Waals surface area contributed by atoms with Gasteiger partial charge in [-0.3, -0.25) is 0 Å². The lowest BCUT2D eigenvalue weighted by molar-refractivity contribution is 1.03. The molecule has 0 spiro atoms. The molecule has 0 aliphatic heterocycles. The van der Waals surface area contributed by atoms with Crippen molar-refractivity contribution in [1.29, 1.82) is 0 Å². The second kappa shape index (κ2) is 2.69. The fourth-order valence-electron chi connectivity index (χ4n) is 1.67. The molecule has 0 amide bonds. The summed E-state index contributed by atoms with van der Waals surface area (Å²) in [4.78, 5) is 0. The SMILES string of the molecule is CCc1ccc2c(c1)[CH]CC2. The Balaban J connectivity index is 2.41.